The zero-order valence-electron chi connectivity index (χ0n) is 20.5. The highest BCUT2D eigenvalue weighted by Gasteiger charge is 2.32. The Morgan fingerprint density at radius 2 is 1.89 bits per heavy atom. The molecule has 4 rings (SSSR count). The summed E-state index contributed by atoms with van der Waals surface area (Å²) in [5, 5.41) is 4.91. The van der Waals surface area contributed by atoms with Crippen LogP contribution in [0.4, 0.5) is 0 Å². The lowest BCUT2D eigenvalue weighted by molar-refractivity contribution is -0.122. The Hall–Kier alpha value is -2.90. The van der Waals surface area contributed by atoms with Gasteiger partial charge in [0.15, 0.2) is 0 Å². The first-order valence-electron chi connectivity index (χ1n) is 12.2. The van der Waals surface area contributed by atoms with Gasteiger partial charge in [-0.25, -0.2) is 4.68 Å². The lowest BCUT2D eigenvalue weighted by atomic mass is 10.0. The van der Waals surface area contributed by atoms with Gasteiger partial charge in [-0.3, -0.25) is 9.69 Å². The Bertz CT molecular complexity index is 1230. The van der Waals surface area contributed by atoms with Crippen molar-refractivity contribution in [2.75, 3.05) is 13.2 Å². The Morgan fingerprint density at radius 1 is 1.09 bits per heavy atom. The fourth-order valence-electron chi connectivity index (χ4n) is 4.08. The number of para-hydroxylation sites is 1. The summed E-state index contributed by atoms with van der Waals surface area (Å²) < 4.78 is 8.21. The number of carbonyl (C=O) groups excluding carboxylic acids is 1. The highest BCUT2D eigenvalue weighted by Crippen LogP contribution is 2.36. The van der Waals surface area contributed by atoms with Gasteiger partial charge in [0.2, 0.25) is 0 Å². The first-order valence-corrected chi connectivity index (χ1v) is 13.4. The molecule has 0 aliphatic carbocycles. The molecule has 182 valence electrons. The molecule has 35 heavy (non-hydrogen) atoms. The summed E-state index contributed by atoms with van der Waals surface area (Å²) in [5.41, 5.74) is 4.67. The van der Waals surface area contributed by atoms with Crippen molar-refractivity contribution in [3.05, 3.63) is 70.8 Å². The quantitative estimate of drug-likeness (QED) is 0.168. The van der Waals surface area contributed by atoms with E-state index >= 15 is 0 Å². The third-order valence-corrected chi connectivity index (χ3v) is 7.28. The Morgan fingerprint density at radius 3 is 2.60 bits per heavy atom. The molecule has 0 bridgehead atoms. The van der Waals surface area contributed by atoms with Crippen LogP contribution in [0, 0.1) is 6.92 Å². The standard InChI is InChI=1S/C28H31N3O2S2/c1-4-6-7-11-16-30-27(32)25(35-28(30)34)18-22-19-31(23-12-9-8-10-13-23)29-26(22)21-14-15-24(33-5-2)20(3)17-21/h8-10,12-15,17-19H,4-7,11,16H2,1-3H3. The molecule has 1 aliphatic rings. The number of hydrogen-bond acceptors (Lipinski definition) is 5. The lowest BCUT2D eigenvalue weighted by Gasteiger charge is -2.13. The third-order valence-electron chi connectivity index (χ3n) is 5.91. The van der Waals surface area contributed by atoms with E-state index in [9.17, 15) is 4.79 Å². The molecular weight excluding hydrogens is 474 g/mol. The van der Waals surface area contributed by atoms with Gasteiger partial charge in [0.05, 0.1) is 17.2 Å². The zero-order valence-corrected chi connectivity index (χ0v) is 22.1. The van der Waals surface area contributed by atoms with Crippen LogP contribution in [0.3, 0.4) is 0 Å². The molecule has 7 heteroatoms. The molecule has 1 aliphatic heterocycles. The molecule has 3 aromatic rings. The van der Waals surface area contributed by atoms with Crippen molar-refractivity contribution < 1.29 is 9.53 Å². The molecule has 2 heterocycles. The minimum Gasteiger partial charge on any atom is -0.494 e. The van der Waals surface area contributed by atoms with Crippen LogP contribution in [-0.4, -0.2) is 38.1 Å². The van der Waals surface area contributed by atoms with Crippen LogP contribution in [0.2, 0.25) is 0 Å². The highest BCUT2D eigenvalue weighted by molar-refractivity contribution is 8.26. The van der Waals surface area contributed by atoms with Crippen molar-refractivity contribution in [2.24, 2.45) is 0 Å². The predicted octanol–water partition coefficient (Wildman–Crippen LogP) is 7.03. The fraction of sp³-hybridized carbons (Fsp3) is 0.321. The van der Waals surface area contributed by atoms with E-state index in [-0.39, 0.29) is 5.91 Å². The smallest absolute Gasteiger partial charge is 0.266 e. The number of ether oxygens (including phenoxy) is 1. The summed E-state index contributed by atoms with van der Waals surface area (Å²) in [7, 11) is 0. The highest BCUT2D eigenvalue weighted by atomic mass is 32.2. The largest absolute Gasteiger partial charge is 0.494 e. The molecule has 1 aromatic heterocycles. The second kappa shape index (κ2) is 11.7. The van der Waals surface area contributed by atoms with E-state index in [0.29, 0.717) is 22.4 Å². The number of amides is 1. The van der Waals surface area contributed by atoms with E-state index in [1.165, 1.54) is 18.2 Å². The van der Waals surface area contributed by atoms with Crippen LogP contribution < -0.4 is 4.74 Å². The molecule has 5 nitrogen and oxygen atoms in total. The SMILES string of the molecule is CCCCCCN1C(=O)C(=Cc2cn(-c3ccccc3)nc2-c2ccc(OCC)c(C)c2)SC1=S. The number of thioether (sulfide) groups is 1. The van der Waals surface area contributed by atoms with Gasteiger partial charge in [-0.15, -0.1) is 0 Å². The molecule has 0 radical (unpaired) electrons. The summed E-state index contributed by atoms with van der Waals surface area (Å²) in [5.74, 6) is 0.849. The topological polar surface area (TPSA) is 47.4 Å². The number of thiocarbonyl (C=S) groups is 1. The van der Waals surface area contributed by atoms with Crippen molar-refractivity contribution >= 4 is 40.3 Å². The molecular formula is C28H31N3O2S2. The van der Waals surface area contributed by atoms with Gasteiger partial charge in [0.25, 0.3) is 5.91 Å². The van der Waals surface area contributed by atoms with Crippen molar-refractivity contribution in [3.63, 3.8) is 0 Å². The van der Waals surface area contributed by atoms with Crippen LogP contribution in [-0.2, 0) is 4.79 Å². The maximum atomic E-state index is 13.2. The Labute approximate surface area is 217 Å². The van der Waals surface area contributed by atoms with E-state index in [4.69, 9.17) is 22.1 Å². The number of carbonyl (C=O) groups is 1. The van der Waals surface area contributed by atoms with Gasteiger partial charge in [0.1, 0.15) is 15.8 Å². The number of nitrogens with zero attached hydrogens (tertiary/aromatic N) is 3. The van der Waals surface area contributed by atoms with Crippen LogP contribution >= 0.6 is 24.0 Å². The molecule has 1 saturated heterocycles. The first kappa shape index (κ1) is 25.2. The first-order chi connectivity index (χ1) is 17.0. The van der Waals surface area contributed by atoms with Crippen LogP contribution in [0.25, 0.3) is 23.0 Å². The summed E-state index contributed by atoms with van der Waals surface area (Å²) in [4.78, 5) is 15.6. The zero-order chi connectivity index (χ0) is 24.8. The van der Waals surface area contributed by atoms with E-state index in [1.54, 1.807) is 4.90 Å². The van der Waals surface area contributed by atoms with Crippen molar-refractivity contribution in [2.45, 2.75) is 46.5 Å². The summed E-state index contributed by atoms with van der Waals surface area (Å²) >= 11 is 6.92. The number of rotatable bonds is 10. The minimum absolute atomic E-state index is 0.0159. The Kier molecular flexibility index (Phi) is 8.42. The third kappa shape index (κ3) is 5.85. The normalized spacial score (nSPS) is 14.8. The predicted molar refractivity (Wildman–Crippen MR) is 149 cm³/mol. The summed E-state index contributed by atoms with van der Waals surface area (Å²) in [6, 6.07) is 16.1. The number of unbranched alkanes of at least 4 members (excludes halogenated alkanes) is 3. The van der Waals surface area contributed by atoms with E-state index in [1.807, 2.05) is 73.3 Å². The van der Waals surface area contributed by atoms with Crippen LogP contribution in [0.1, 0.15) is 50.7 Å². The monoisotopic (exact) mass is 505 g/mol. The molecule has 0 spiro atoms. The Balaban J connectivity index is 1.69. The van der Waals surface area contributed by atoms with E-state index in [0.717, 1.165) is 53.1 Å². The van der Waals surface area contributed by atoms with Crippen molar-refractivity contribution in [3.8, 4) is 22.7 Å². The van der Waals surface area contributed by atoms with Gasteiger partial charge >= 0.3 is 0 Å². The van der Waals surface area contributed by atoms with E-state index in [2.05, 4.69) is 13.0 Å². The number of aromatic nitrogens is 2. The van der Waals surface area contributed by atoms with Gasteiger partial charge in [0, 0.05) is 23.9 Å². The average Bonchev–Trinajstić information content (AvgIpc) is 3.40. The summed E-state index contributed by atoms with van der Waals surface area (Å²) in [6.45, 7) is 7.49. The molecule has 0 saturated carbocycles. The van der Waals surface area contributed by atoms with Crippen LogP contribution in [0.15, 0.2) is 59.6 Å². The number of benzene rings is 2. The van der Waals surface area contributed by atoms with Crippen LogP contribution in [0.5, 0.6) is 5.75 Å². The number of aryl methyl sites for hydroxylation is 1. The van der Waals surface area contributed by atoms with Gasteiger partial charge in [-0.05, 0) is 62.2 Å². The van der Waals surface area contributed by atoms with Gasteiger partial charge < -0.3 is 4.74 Å². The molecule has 0 unspecified atom stereocenters. The maximum Gasteiger partial charge on any atom is 0.266 e. The minimum atomic E-state index is -0.0159. The number of hydrogen-bond donors (Lipinski definition) is 0. The van der Waals surface area contributed by atoms with Crippen molar-refractivity contribution in [1.82, 2.24) is 14.7 Å². The molecule has 0 N–H and O–H groups in total. The molecule has 0 atom stereocenters. The summed E-state index contributed by atoms with van der Waals surface area (Å²) in [6.07, 6.45) is 8.32. The molecule has 1 amide bonds. The maximum absolute atomic E-state index is 13.2. The lowest BCUT2D eigenvalue weighted by Crippen LogP contribution is -2.29. The second-order valence-corrected chi connectivity index (χ2v) is 10.2. The second-order valence-electron chi connectivity index (χ2n) is 8.52. The average molecular weight is 506 g/mol. The molecule has 2 aromatic carbocycles. The van der Waals surface area contributed by atoms with Gasteiger partial charge in [-0.2, -0.15) is 5.10 Å². The van der Waals surface area contributed by atoms with Gasteiger partial charge in [-0.1, -0.05) is 68.4 Å². The van der Waals surface area contributed by atoms with Crippen molar-refractivity contribution in [1.29, 1.82) is 0 Å². The molecule has 1 fully saturated rings. The fourth-order valence-corrected chi connectivity index (χ4v) is 5.37. The van der Waals surface area contributed by atoms with E-state index < -0.39 is 0 Å².